The number of nitro benzene ring substituents is 1. The van der Waals surface area contributed by atoms with Crippen LogP contribution in [0.15, 0.2) is 42.6 Å². The normalized spacial score (nSPS) is 9.95. The van der Waals surface area contributed by atoms with E-state index in [1.54, 1.807) is 43.6 Å². The minimum Gasteiger partial charge on any atom is -0.472 e. The van der Waals surface area contributed by atoms with Crippen LogP contribution in [0.1, 0.15) is 5.56 Å². The second-order valence-electron chi connectivity index (χ2n) is 3.77. The lowest BCUT2D eigenvalue weighted by atomic mass is 10.1. The van der Waals surface area contributed by atoms with Gasteiger partial charge in [0.2, 0.25) is 5.88 Å². The van der Waals surface area contributed by atoms with Crippen LogP contribution >= 0.6 is 0 Å². The second-order valence-corrected chi connectivity index (χ2v) is 3.77. The van der Waals surface area contributed by atoms with Crippen molar-refractivity contribution in [2.45, 2.75) is 6.61 Å². The molecule has 0 amide bonds. The number of benzene rings is 1. The van der Waals surface area contributed by atoms with E-state index >= 15 is 0 Å². The Bertz CT molecular complexity index is 573. The molecule has 1 aromatic heterocycles. The molecule has 0 aliphatic rings. The molecular formula is C13H13N3O3. The van der Waals surface area contributed by atoms with Gasteiger partial charge >= 0.3 is 0 Å². The minimum absolute atomic E-state index is 0.0304. The predicted octanol–water partition coefficient (Wildman–Crippen LogP) is 2.61. The van der Waals surface area contributed by atoms with Crippen molar-refractivity contribution in [3.05, 3.63) is 58.3 Å². The Morgan fingerprint density at radius 1 is 1.32 bits per heavy atom. The smallest absolute Gasteiger partial charge is 0.278 e. The minimum atomic E-state index is -0.419. The van der Waals surface area contributed by atoms with Crippen molar-refractivity contribution in [1.82, 2.24) is 4.98 Å². The summed E-state index contributed by atoms with van der Waals surface area (Å²) in [7, 11) is 1.71. The lowest BCUT2D eigenvalue weighted by molar-refractivity contribution is -0.385. The molecule has 98 valence electrons. The molecule has 2 rings (SSSR count). The van der Waals surface area contributed by atoms with Crippen molar-refractivity contribution >= 4 is 11.4 Å². The first-order valence-corrected chi connectivity index (χ1v) is 5.70. The van der Waals surface area contributed by atoms with Gasteiger partial charge in [-0.1, -0.05) is 12.1 Å². The molecule has 6 nitrogen and oxygen atoms in total. The molecule has 0 saturated heterocycles. The van der Waals surface area contributed by atoms with Crippen molar-refractivity contribution in [2.75, 3.05) is 12.4 Å². The van der Waals surface area contributed by atoms with Crippen molar-refractivity contribution in [3.8, 4) is 5.88 Å². The highest BCUT2D eigenvalue weighted by Crippen LogP contribution is 2.27. The predicted molar refractivity (Wildman–Crippen MR) is 71.2 cm³/mol. The Hall–Kier alpha value is -2.63. The summed E-state index contributed by atoms with van der Waals surface area (Å²) in [6.45, 7) is 0.0876. The molecular weight excluding hydrogens is 246 g/mol. The van der Waals surface area contributed by atoms with Crippen LogP contribution in [0.4, 0.5) is 11.4 Å². The third-order valence-electron chi connectivity index (χ3n) is 2.62. The number of pyridine rings is 1. The molecule has 0 fully saturated rings. The first-order valence-electron chi connectivity index (χ1n) is 5.70. The fraction of sp³-hybridized carbons (Fsp3) is 0.154. The number of rotatable bonds is 5. The third-order valence-corrected chi connectivity index (χ3v) is 2.62. The van der Waals surface area contributed by atoms with Crippen LogP contribution in [0.25, 0.3) is 0 Å². The molecule has 0 saturated carbocycles. The molecule has 0 aliphatic carbocycles. The van der Waals surface area contributed by atoms with Crippen LogP contribution in [-0.2, 0) is 6.61 Å². The van der Waals surface area contributed by atoms with Gasteiger partial charge in [0.05, 0.1) is 10.5 Å². The lowest BCUT2D eigenvalue weighted by Crippen LogP contribution is -2.05. The maximum Gasteiger partial charge on any atom is 0.278 e. The van der Waals surface area contributed by atoms with Crippen molar-refractivity contribution < 1.29 is 9.66 Å². The highest BCUT2D eigenvalue weighted by Gasteiger charge is 2.17. The molecule has 6 heteroatoms. The van der Waals surface area contributed by atoms with Gasteiger partial charge in [-0.15, -0.1) is 0 Å². The van der Waals surface area contributed by atoms with E-state index in [2.05, 4.69) is 10.3 Å². The summed E-state index contributed by atoms with van der Waals surface area (Å²) in [6, 6.07) is 10.1. The van der Waals surface area contributed by atoms with Crippen LogP contribution in [0.2, 0.25) is 0 Å². The Morgan fingerprint density at radius 2 is 2.16 bits per heavy atom. The molecule has 1 aromatic carbocycles. The number of ether oxygens (including phenoxy) is 1. The Labute approximate surface area is 110 Å². The summed E-state index contributed by atoms with van der Waals surface area (Å²) < 4.78 is 5.47. The maximum atomic E-state index is 11.0. The average Bonchev–Trinajstić information content (AvgIpc) is 2.45. The number of anilines is 1. The number of aromatic nitrogens is 1. The molecule has 0 aliphatic heterocycles. The summed E-state index contributed by atoms with van der Waals surface area (Å²) in [5.74, 6) is 0.433. The fourth-order valence-electron chi connectivity index (χ4n) is 1.71. The molecule has 19 heavy (non-hydrogen) atoms. The van der Waals surface area contributed by atoms with Crippen LogP contribution < -0.4 is 10.1 Å². The molecule has 1 N–H and O–H groups in total. The van der Waals surface area contributed by atoms with Gasteiger partial charge in [0, 0.05) is 31.1 Å². The van der Waals surface area contributed by atoms with Crippen LogP contribution in [0.5, 0.6) is 5.88 Å². The monoisotopic (exact) mass is 259 g/mol. The summed E-state index contributed by atoms with van der Waals surface area (Å²) >= 11 is 0. The van der Waals surface area contributed by atoms with Crippen LogP contribution in [0.3, 0.4) is 0 Å². The van der Waals surface area contributed by atoms with Gasteiger partial charge in [0.15, 0.2) is 0 Å². The van der Waals surface area contributed by atoms with E-state index < -0.39 is 4.92 Å². The topological polar surface area (TPSA) is 77.3 Å². The largest absolute Gasteiger partial charge is 0.472 e. The van der Waals surface area contributed by atoms with Gasteiger partial charge in [-0.3, -0.25) is 10.1 Å². The molecule has 0 unspecified atom stereocenters. The standard InChI is InChI=1S/C13H13N3O3/c1-14-11-5-4-6-12(16(17)18)10(11)9-19-13-7-2-3-8-15-13/h2-8,14H,9H2,1H3. The number of hydrogen-bond acceptors (Lipinski definition) is 5. The van der Waals surface area contributed by atoms with E-state index in [4.69, 9.17) is 4.74 Å². The van der Waals surface area contributed by atoms with Gasteiger partial charge in [-0.05, 0) is 12.1 Å². The zero-order valence-electron chi connectivity index (χ0n) is 10.4. The van der Waals surface area contributed by atoms with E-state index in [1.165, 1.54) is 6.07 Å². The van der Waals surface area contributed by atoms with Crippen LogP contribution in [-0.4, -0.2) is 17.0 Å². The van der Waals surface area contributed by atoms with Gasteiger partial charge in [0.1, 0.15) is 6.61 Å². The van der Waals surface area contributed by atoms with E-state index in [0.29, 0.717) is 17.1 Å². The maximum absolute atomic E-state index is 11.0. The van der Waals surface area contributed by atoms with E-state index in [1.807, 2.05) is 0 Å². The van der Waals surface area contributed by atoms with Gasteiger partial charge < -0.3 is 10.1 Å². The number of hydrogen-bond donors (Lipinski definition) is 1. The SMILES string of the molecule is CNc1cccc([N+](=O)[O-])c1COc1ccccn1. The molecule has 0 bridgehead atoms. The first-order chi connectivity index (χ1) is 9.22. The van der Waals surface area contributed by atoms with E-state index in [0.717, 1.165) is 0 Å². The van der Waals surface area contributed by atoms with Gasteiger partial charge in [0.25, 0.3) is 5.69 Å². The average molecular weight is 259 g/mol. The third kappa shape index (κ3) is 2.98. The Balaban J connectivity index is 2.25. The molecule has 1 heterocycles. The molecule has 0 atom stereocenters. The number of nitro groups is 1. The van der Waals surface area contributed by atoms with E-state index in [-0.39, 0.29) is 12.3 Å². The number of nitrogens with zero attached hydrogens (tertiary/aromatic N) is 2. The second kappa shape index (κ2) is 5.81. The summed E-state index contributed by atoms with van der Waals surface area (Å²) in [4.78, 5) is 14.6. The molecule has 2 aromatic rings. The van der Waals surface area contributed by atoms with Crippen molar-refractivity contribution in [1.29, 1.82) is 0 Å². The highest BCUT2D eigenvalue weighted by atomic mass is 16.6. The van der Waals surface area contributed by atoms with Gasteiger partial charge in [-0.25, -0.2) is 4.98 Å². The summed E-state index contributed by atoms with van der Waals surface area (Å²) in [6.07, 6.45) is 1.60. The lowest BCUT2D eigenvalue weighted by Gasteiger charge is -2.10. The zero-order valence-corrected chi connectivity index (χ0v) is 10.4. The summed E-state index contributed by atoms with van der Waals surface area (Å²) in [5.41, 5.74) is 1.20. The van der Waals surface area contributed by atoms with E-state index in [9.17, 15) is 10.1 Å². The zero-order chi connectivity index (χ0) is 13.7. The highest BCUT2D eigenvalue weighted by molar-refractivity contribution is 5.60. The Kier molecular flexibility index (Phi) is 3.92. The Morgan fingerprint density at radius 3 is 2.79 bits per heavy atom. The molecule has 0 spiro atoms. The van der Waals surface area contributed by atoms with Crippen molar-refractivity contribution in [2.24, 2.45) is 0 Å². The van der Waals surface area contributed by atoms with Crippen LogP contribution in [0, 0.1) is 10.1 Å². The fourth-order valence-corrected chi connectivity index (χ4v) is 1.71. The number of nitrogens with one attached hydrogen (secondary N) is 1. The van der Waals surface area contributed by atoms with Gasteiger partial charge in [-0.2, -0.15) is 0 Å². The molecule has 0 radical (unpaired) electrons. The first kappa shape index (κ1) is 12.8. The van der Waals surface area contributed by atoms with Crippen molar-refractivity contribution in [3.63, 3.8) is 0 Å². The quantitative estimate of drug-likeness (QED) is 0.659. The summed E-state index contributed by atoms with van der Waals surface area (Å²) in [5, 5.41) is 13.9.